The van der Waals surface area contributed by atoms with Crippen LogP contribution in [0.15, 0.2) is 106 Å². The molecule has 2 atom stereocenters. The van der Waals surface area contributed by atoms with Crippen molar-refractivity contribution in [3.05, 3.63) is 91.0 Å². The summed E-state index contributed by atoms with van der Waals surface area (Å²) in [5.41, 5.74) is -1.24. The second-order valence-corrected chi connectivity index (χ2v) is 17.3. The van der Waals surface area contributed by atoms with Gasteiger partial charge in [-0.25, -0.2) is 4.39 Å². The van der Waals surface area contributed by atoms with E-state index in [0.29, 0.717) is 33.9 Å². The molecular weight excluding hydrogens is 597 g/mol. The predicted octanol–water partition coefficient (Wildman–Crippen LogP) is 8.06. The van der Waals surface area contributed by atoms with Gasteiger partial charge in [0.1, 0.15) is 5.25 Å². The van der Waals surface area contributed by atoms with Gasteiger partial charge < -0.3 is 5.11 Å². The summed E-state index contributed by atoms with van der Waals surface area (Å²) in [7, 11) is -8.65. The van der Waals surface area contributed by atoms with Gasteiger partial charge >= 0.3 is 21.3 Å². The summed E-state index contributed by atoms with van der Waals surface area (Å²) in [4.78, 5) is 14.7. The third-order valence-electron chi connectivity index (χ3n) is 9.43. The summed E-state index contributed by atoms with van der Waals surface area (Å²) in [6.07, 6.45) is -0.641. The van der Waals surface area contributed by atoms with E-state index >= 15 is 13.2 Å². The zero-order valence-corrected chi connectivity index (χ0v) is 25.2. The highest BCUT2D eigenvalue weighted by molar-refractivity contribution is 8.34. The summed E-state index contributed by atoms with van der Waals surface area (Å²) >= 11 is 0. The fourth-order valence-electron chi connectivity index (χ4n) is 8.11. The predicted molar refractivity (Wildman–Crippen MR) is 159 cm³/mol. The van der Waals surface area contributed by atoms with Crippen molar-refractivity contribution >= 4 is 26.1 Å². The van der Waals surface area contributed by atoms with Crippen molar-refractivity contribution < 1.29 is 35.7 Å². The number of carboxylic acid groups (broad SMARTS) is 1. The highest BCUT2D eigenvalue weighted by Crippen LogP contribution is 2.72. The molecule has 0 heterocycles. The minimum absolute atomic E-state index is 0.222. The average Bonchev–Trinajstić information content (AvgIpc) is 2.97. The molecule has 4 aliphatic carbocycles. The van der Waals surface area contributed by atoms with Gasteiger partial charge in [0, 0.05) is 6.42 Å². The number of alkyl halides is 3. The third-order valence-corrected chi connectivity index (χ3v) is 15.2. The Morgan fingerprint density at radius 1 is 0.791 bits per heavy atom. The largest absolute Gasteiger partial charge is 0.480 e. The summed E-state index contributed by atoms with van der Waals surface area (Å²) in [6, 6.07) is 25.8. The molecule has 4 bridgehead atoms. The average molecular weight is 633 g/mol. The Morgan fingerprint density at radius 3 is 1.51 bits per heavy atom. The van der Waals surface area contributed by atoms with Gasteiger partial charge in [0.2, 0.25) is 0 Å². The molecule has 10 heteroatoms. The molecule has 3 aromatic rings. The van der Waals surface area contributed by atoms with Gasteiger partial charge in [-0.05, 0) is 107 Å². The first kappa shape index (κ1) is 30.2. The molecule has 230 valence electrons. The lowest BCUT2D eigenvalue weighted by atomic mass is 9.54. The van der Waals surface area contributed by atoms with E-state index in [-0.39, 0.29) is 17.8 Å². The molecule has 0 radical (unpaired) electrons. The van der Waals surface area contributed by atoms with Crippen LogP contribution < -0.4 is 0 Å². The number of hydrogen-bond acceptors (Lipinski definition) is 4. The molecule has 7 rings (SSSR count). The van der Waals surface area contributed by atoms with Crippen LogP contribution in [0.5, 0.6) is 0 Å². The minimum Gasteiger partial charge on any atom is -0.480 e. The monoisotopic (exact) mass is 632 g/mol. The summed E-state index contributed by atoms with van der Waals surface area (Å²) < 4.78 is 79.5. The van der Waals surface area contributed by atoms with Crippen LogP contribution in [0.4, 0.5) is 13.2 Å². The molecule has 0 amide bonds. The van der Waals surface area contributed by atoms with E-state index in [1.807, 2.05) is 0 Å². The van der Waals surface area contributed by atoms with Crippen molar-refractivity contribution in [3.8, 4) is 0 Å². The third kappa shape index (κ3) is 5.29. The molecular formula is C33H35F3O5S2. The fraction of sp³-hybridized carbons (Fsp3) is 0.424. The van der Waals surface area contributed by atoms with E-state index in [1.165, 1.54) is 0 Å². The zero-order chi connectivity index (χ0) is 30.5. The lowest BCUT2D eigenvalue weighted by Gasteiger charge is -2.55. The summed E-state index contributed by atoms with van der Waals surface area (Å²) in [5, 5.41) is 3.98. The standard InChI is InChI=1S/C33H35F3O5S2/c34-30(33(35,36)43(39,40)41-32-20-23-16-24(21-32)18-25(17-23)22-32)19-29(31(37)38)42(26-10-4-1-5-11-26,27-12-6-2-7-13-27)28-14-8-3-9-15-28/h1-15,23-25,29-30H,16-22H2,(H,37,38). The molecule has 0 saturated heterocycles. The molecule has 2 unspecified atom stereocenters. The molecule has 4 saturated carbocycles. The SMILES string of the molecule is O=C(O)C(CC(F)C(F)(F)S(=O)(=O)OC12CC3CC(CC(C3)C1)C2)S(c1ccccc1)(c1ccccc1)c1ccccc1. The van der Waals surface area contributed by atoms with Gasteiger partial charge in [-0.2, -0.15) is 17.2 Å². The van der Waals surface area contributed by atoms with E-state index in [4.69, 9.17) is 4.18 Å². The molecule has 43 heavy (non-hydrogen) atoms. The lowest BCUT2D eigenvalue weighted by molar-refractivity contribution is -0.137. The molecule has 0 aromatic heterocycles. The molecule has 0 aliphatic heterocycles. The number of rotatable bonds is 11. The number of halogens is 3. The zero-order valence-electron chi connectivity index (χ0n) is 23.5. The van der Waals surface area contributed by atoms with Crippen LogP contribution in [-0.4, -0.2) is 41.8 Å². The first-order chi connectivity index (χ1) is 20.5. The van der Waals surface area contributed by atoms with Crippen molar-refractivity contribution in [3.63, 3.8) is 0 Å². The number of carbonyl (C=O) groups is 1. The van der Waals surface area contributed by atoms with Crippen molar-refractivity contribution in [2.75, 3.05) is 0 Å². The van der Waals surface area contributed by atoms with Crippen LogP contribution in [0.1, 0.15) is 44.9 Å². The number of aliphatic carboxylic acids is 1. The Balaban J connectivity index is 1.40. The molecule has 0 spiro atoms. The van der Waals surface area contributed by atoms with E-state index in [0.717, 1.165) is 19.3 Å². The van der Waals surface area contributed by atoms with Gasteiger partial charge in [0.15, 0.2) is 6.17 Å². The fourth-order valence-corrected chi connectivity index (χ4v) is 13.6. The molecule has 3 aromatic carbocycles. The van der Waals surface area contributed by atoms with E-state index in [1.54, 1.807) is 91.0 Å². The number of hydrogen-bond donors (Lipinski definition) is 1. The highest BCUT2D eigenvalue weighted by atomic mass is 32.3. The van der Waals surface area contributed by atoms with Crippen LogP contribution in [0.25, 0.3) is 0 Å². The van der Waals surface area contributed by atoms with Crippen molar-refractivity contribution in [1.82, 2.24) is 0 Å². The van der Waals surface area contributed by atoms with Crippen LogP contribution in [-0.2, 0) is 19.1 Å². The Bertz CT molecular complexity index is 1420. The summed E-state index contributed by atoms with van der Waals surface area (Å²) in [5.74, 6) is -0.831. The van der Waals surface area contributed by atoms with Crippen molar-refractivity contribution in [1.29, 1.82) is 0 Å². The van der Waals surface area contributed by atoms with E-state index in [2.05, 4.69) is 0 Å². The smallest absolute Gasteiger partial charge is 0.400 e. The maximum absolute atomic E-state index is 16.1. The quantitative estimate of drug-likeness (QED) is 0.216. The Morgan fingerprint density at radius 2 is 1.16 bits per heavy atom. The number of carboxylic acids is 1. The van der Waals surface area contributed by atoms with Gasteiger partial charge in [0.25, 0.3) is 0 Å². The topological polar surface area (TPSA) is 80.7 Å². The Kier molecular flexibility index (Phi) is 7.92. The van der Waals surface area contributed by atoms with Gasteiger partial charge in [-0.3, -0.25) is 8.98 Å². The molecule has 1 N–H and O–H groups in total. The first-order valence-corrected chi connectivity index (χ1v) is 17.7. The second kappa shape index (κ2) is 11.3. The van der Waals surface area contributed by atoms with Crippen LogP contribution in [0, 0.1) is 17.8 Å². The normalized spacial score (nSPS) is 27.0. The lowest BCUT2D eigenvalue weighted by Crippen LogP contribution is -2.55. The van der Waals surface area contributed by atoms with Gasteiger partial charge in [0.05, 0.1) is 5.60 Å². The minimum atomic E-state index is -5.72. The molecule has 5 nitrogen and oxygen atoms in total. The molecule has 4 fully saturated rings. The van der Waals surface area contributed by atoms with Crippen LogP contribution in [0.3, 0.4) is 0 Å². The highest BCUT2D eigenvalue weighted by Gasteiger charge is 2.61. The Hall–Kier alpha value is -2.82. The maximum atomic E-state index is 16.1. The maximum Gasteiger partial charge on any atom is 0.400 e. The molecule has 4 aliphatic rings. The van der Waals surface area contributed by atoms with Crippen LogP contribution >= 0.6 is 10.0 Å². The van der Waals surface area contributed by atoms with E-state index in [9.17, 15) is 18.3 Å². The first-order valence-electron chi connectivity index (χ1n) is 14.6. The van der Waals surface area contributed by atoms with E-state index < -0.39 is 54.8 Å². The Labute approximate surface area is 251 Å². The van der Waals surface area contributed by atoms with Gasteiger partial charge in [-0.15, -0.1) is 10.0 Å². The van der Waals surface area contributed by atoms with Crippen molar-refractivity contribution in [2.24, 2.45) is 17.8 Å². The van der Waals surface area contributed by atoms with Gasteiger partial charge in [-0.1, -0.05) is 54.6 Å². The second-order valence-electron chi connectivity index (χ2n) is 12.3. The van der Waals surface area contributed by atoms with Crippen molar-refractivity contribution in [2.45, 2.75) is 81.9 Å². The van der Waals surface area contributed by atoms with Crippen LogP contribution in [0.2, 0.25) is 0 Å². The summed E-state index contributed by atoms with van der Waals surface area (Å²) in [6.45, 7) is 0. The number of benzene rings is 3.